The molecular formula is C30H31FN2O5S. The fraction of sp³-hybridized carbons (Fsp3) is 0.267. The number of amides is 1. The zero-order valence-electron chi connectivity index (χ0n) is 22.2. The maximum Gasteiger partial charge on any atom is 0.276 e. The van der Waals surface area contributed by atoms with Crippen LogP contribution in [0, 0.1) is 5.82 Å². The van der Waals surface area contributed by atoms with Crippen LogP contribution in [0.25, 0.3) is 6.08 Å². The van der Waals surface area contributed by atoms with Gasteiger partial charge in [-0.2, -0.15) is 0 Å². The van der Waals surface area contributed by atoms with Gasteiger partial charge in [0.1, 0.15) is 18.1 Å². The van der Waals surface area contributed by atoms with Gasteiger partial charge in [-0.25, -0.2) is 4.39 Å². The molecule has 1 saturated heterocycles. The number of carbonyl (C=O) groups is 1. The van der Waals surface area contributed by atoms with Gasteiger partial charge >= 0.3 is 0 Å². The third kappa shape index (κ3) is 6.86. The van der Waals surface area contributed by atoms with E-state index in [9.17, 15) is 9.18 Å². The van der Waals surface area contributed by atoms with Crippen molar-refractivity contribution >= 4 is 29.3 Å². The smallest absolute Gasteiger partial charge is 0.276 e. The molecule has 0 aliphatic carbocycles. The van der Waals surface area contributed by atoms with Crippen molar-refractivity contribution in [2.24, 2.45) is 0 Å². The molecule has 39 heavy (non-hydrogen) atoms. The summed E-state index contributed by atoms with van der Waals surface area (Å²) < 4.78 is 36.4. The molecule has 1 aliphatic rings. The van der Waals surface area contributed by atoms with Crippen molar-refractivity contribution in [1.82, 2.24) is 10.2 Å². The van der Waals surface area contributed by atoms with Gasteiger partial charge in [0.15, 0.2) is 28.2 Å². The highest BCUT2D eigenvalue weighted by atomic mass is 32.1. The number of carbonyl (C=O) groups excluding carboxylic acids is 1. The molecule has 1 amide bonds. The van der Waals surface area contributed by atoms with Crippen LogP contribution in [0.15, 0.2) is 66.4 Å². The monoisotopic (exact) mass is 550 g/mol. The summed E-state index contributed by atoms with van der Waals surface area (Å²) >= 11 is 5.46. The molecule has 7 nitrogen and oxygen atoms in total. The number of ether oxygens (including phenoxy) is 4. The molecule has 0 radical (unpaired) electrons. The normalized spacial score (nSPS) is 13.9. The molecule has 3 aromatic carbocycles. The predicted molar refractivity (Wildman–Crippen MR) is 152 cm³/mol. The number of rotatable bonds is 12. The minimum absolute atomic E-state index is 0.0961. The number of hydrogen-bond donors (Lipinski definition) is 1. The SMILES string of the molecule is CCOc1ccc(CCN2C(=O)/C(=C\c3ccc(OC)c(COc4ccccc4F)c3)NC2=S)cc1OCC. The number of nitrogens with one attached hydrogen (secondary N) is 1. The Morgan fingerprint density at radius 1 is 0.923 bits per heavy atom. The Balaban J connectivity index is 1.45. The molecule has 0 spiro atoms. The van der Waals surface area contributed by atoms with Gasteiger partial charge in [-0.05, 0) is 86.1 Å². The molecule has 0 bridgehead atoms. The van der Waals surface area contributed by atoms with Crippen molar-refractivity contribution < 1.29 is 28.1 Å². The van der Waals surface area contributed by atoms with Gasteiger partial charge in [0, 0.05) is 12.1 Å². The van der Waals surface area contributed by atoms with Gasteiger partial charge in [0.25, 0.3) is 5.91 Å². The van der Waals surface area contributed by atoms with Crippen LogP contribution in [0.5, 0.6) is 23.0 Å². The number of halogens is 1. The molecule has 204 valence electrons. The molecule has 0 aromatic heterocycles. The van der Waals surface area contributed by atoms with E-state index in [1.54, 1.807) is 42.4 Å². The molecule has 1 N–H and O–H groups in total. The van der Waals surface area contributed by atoms with E-state index in [0.29, 0.717) is 59.8 Å². The van der Waals surface area contributed by atoms with Gasteiger partial charge in [0.05, 0.1) is 20.3 Å². The quantitative estimate of drug-likeness (QED) is 0.236. The van der Waals surface area contributed by atoms with Gasteiger partial charge in [-0.15, -0.1) is 0 Å². The van der Waals surface area contributed by atoms with Crippen molar-refractivity contribution in [2.75, 3.05) is 26.9 Å². The lowest BCUT2D eigenvalue weighted by atomic mass is 10.1. The first-order valence-corrected chi connectivity index (χ1v) is 13.1. The van der Waals surface area contributed by atoms with E-state index in [1.165, 1.54) is 6.07 Å². The lowest BCUT2D eigenvalue weighted by Crippen LogP contribution is -2.32. The van der Waals surface area contributed by atoms with Crippen molar-refractivity contribution in [3.63, 3.8) is 0 Å². The predicted octanol–water partition coefficient (Wildman–Crippen LogP) is 5.51. The van der Waals surface area contributed by atoms with Crippen LogP contribution in [0.1, 0.15) is 30.5 Å². The standard InChI is InChI=1S/C30H31FN2O5S/c1-4-36-27-13-10-20(18-28(27)37-5-2)14-15-33-29(34)24(32-30(33)39)17-21-11-12-25(35-3)22(16-21)19-38-26-9-7-6-8-23(26)31/h6-13,16-18H,4-5,14-15,19H2,1-3H3,(H,32,39)/b24-17+. The molecule has 0 saturated carbocycles. The number of benzene rings is 3. The summed E-state index contributed by atoms with van der Waals surface area (Å²) in [4.78, 5) is 14.7. The zero-order chi connectivity index (χ0) is 27.8. The van der Waals surface area contributed by atoms with E-state index in [1.807, 2.05) is 44.2 Å². The minimum Gasteiger partial charge on any atom is -0.496 e. The Kier molecular flexibility index (Phi) is 9.38. The van der Waals surface area contributed by atoms with Crippen molar-refractivity contribution in [3.05, 3.63) is 88.9 Å². The fourth-order valence-corrected chi connectivity index (χ4v) is 4.44. The molecule has 1 fully saturated rings. The first kappa shape index (κ1) is 27.9. The molecule has 9 heteroatoms. The lowest BCUT2D eigenvalue weighted by Gasteiger charge is -2.16. The Bertz CT molecular complexity index is 1380. The van der Waals surface area contributed by atoms with Crippen molar-refractivity contribution in [1.29, 1.82) is 0 Å². The topological polar surface area (TPSA) is 69.3 Å². The average Bonchev–Trinajstić information content (AvgIpc) is 3.20. The first-order valence-electron chi connectivity index (χ1n) is 12.7. The highest BCUT2D eigenvalue weighted by Crippen LogP contribution is 2.29. The number of hydrogen-bond acceptors (Lipinski definition) is 6. The third-order valence-corrected chi connectivity index (χ3v) is 6.35. The van der Waals surface area contributed by atoms with Crippen LogP contribution in [0.3, 0.4) is 0 Å². The van der Waals surface area contributed by atoms with Crippen LogP contribution in [0.2, 0.25) is 0 Å². The van der Waals surface area contributed by atoms with Gasteiger partial charge in [0.2, 0.25) is 0 Å². The van der Waals surface area contributed by atoms with Crippen LogP contribution >= 0.6 is 12.2 Å². The molecule has 0 atom stereocenters. The van der Waals surface area contributed by atoms with Crippen molar-refractivity contribution in [3.8, 4) is 23.0 Å². The Labute approximate surface area is 233 Å². The fourth-order valence-electron chi connectivity index (χ4n) is 4.15. The number of para-hydroxylation sites is 1. The second kappa shape index (κ2) is 13.1. The Hall–Kier alpha value is -4.11. The molecule has 0 unspecified atom stereocenters. The molecule has 1 heterocycles. The second-order valence-corrected chi connectivity index (χ2v) is 9.02. The number of nitrogens with zero attached hydrogens (tertiary/aromatic N) is 1. The van der Waals surface area contributed by atoms with Crippen LogP contribution < -0.4 is 24.3 Å². The summed E-state index contributed by atoms with van der Waals surface area (Å²) in [6.07, 6.45) is 2.32. The summed E-state index contributed by atoms with van der Waals surface area (Å²) in [7, 11) is 1.56. The second-order valence-electron chi connectivity index (χ2n) is 8.63. The maximum atomic E-state index is 14.0. The van der Waals surface area contributed by atoms with E-state index in [4.69, 9.17) is 31.2 Å². The van der Waals surface area contributed by atoms with E-state index in [2.05, 4.69) is 5.32 Å². The lowest BCUT2D eigenvalue weighted by molar-refractivity contribution is -0.122. The summed E-state index contributed by atoms with van der Waals surface area (Å²) in [6, 6.07) is 17.4. The Morgan fingerprint density at radius 3 is 2.41 bits per heavy atom. The van der Waals surface area contributed by atoms with Crippen LogP contribution in [0.4, 0.5) is 4.39 Å². The minimum atomic E-state index is -0.441. The molecular weight excluding hydrogens is 519 g/mol. The van der Waals surface area contributed by atoms with E-state index >= 15 is 0 Å². The van der Waals surface area contributed by atoms with Gasteiger partial charge in [-0.3, -0.25) is 9.69 Å². The summed E-state index contributed by atoms with van der Waals surface area (Å²) in [6.45, 7) is 5.42. The van der Waals surface area contributed by atoms with E-state index in [-0.39, 0.29) is 18.3 Å². The highest BCUT2D eigenvalue weighted by molar-refractivity contribution is 7.80. The Morgan fingerprint density at radius 2 is 1.67 bits per heavy atom. The van der Waals surface area contributed by atoms with E-state index in [0.717, 1.165) is 11.1 Å². The molecule has 3 aromatic rings. The largest absolute Gasteiger partial charge is 0.496 e. The maximum absolute atomic E-state index is 14.0. The van der Waals surface area contributed by atoms with Gasteiger partial charge in [-0.1, -0.05) is 24.3 Å². The summed E-state index contributed by atoms with van der Waals surface area (Å²) in [5.41, 5.74) is 2.83. The first-order chi connectivity index (χ1) is 18.9. The molecule has 1 aliphatic heterocycles. The van der Waals surface area contributed by atoms with Crippen LogP contribution in [-0.2, 0) is 17.8 Å². The number of methoxy groups -OCH3 is 1. The third-order valence-electron chi connectivity index (χ3n) is 6.03. The summed E-state index contributed by atoms with van der Waals surface area (Å²) in [5.74, 6) is 1.47. The molecule has 4 rings (SSSR count). The van der Waals surface area contributed by atoms with Gasteiger partial charge < -0.3 is 24.3 Å². The summed E-state index contributed by atoms with van der Waals surface area (Å²) in [5, 5.41) is 3.37. The highest BCUT2D eigenvalue weighted by Gasteiger charge is 2.30. The zero-order valence-corrected chi connectivity index (χ0v) is 23.0. The average molecular weight is 551 g/mol. The number of thiocarbonyl (C=S) groups is 1. The van der Waals surface area contributed by atoms with Crippen molar-refractivity contribution in [2.45, 2.75) is 26.9 Å². The van der Waals surface area contributed by atoms with E-state index < -0.39 is 5.82 Å². The van der Waals surface area contributed by atoms with Crippen LogP contribution in [-0.4, -0.2) is 42.8 Å².